The summed E-state index contributed by atoms with van der Waals surface area (Å²) < 4.78 is 37.0. The Hall–Kier alpha value is -0.210. The van der Waals surface area contributed by atoms with Crippen LogP contribution in [0.15, 0.2) is 0 Å². The fourth-order valence-corrected chi connectivity index (χ4v) is 2.05. The Morgan fingerprint density at radius 3 is 1.92 bits per heavy atom. The first-order chi connectivity index (χ1) is 5.91. The molecule has 0 nitrogen and oxygen atoms in total. The van der Waals surface area contributed by atoms with E-state index in [1.165, 1.54) is 6.92 Å². The van der Waals surface area contributed by atoms with Gasteiger partial charge in [-0.15, -0.1) is 0 Å². The molecule has 0 aromatic heterocycles. The number of alkyl halides is 3. The summed E-state index contributed by atoms with van der Waals surface area (Å²) in [5.41, 5.74) is 0. The smallest absolute Gasteiger partial charge is 0.171 e. The van der Waals surface area contributed by atoms with Crippen LogP contribution in [0.4, 0.5) is 13.2 Å². The Balaban J connectivity index is 2.45. The van der Waals surface area contributed by atoms with Crippen LogP contribution in [-0.4, -0.2) is 6.18 Å². The van der Waals surface area contributed by atoms with Crippen molar-refractivity contribution in [1.29, 1.82) is 0 Å². The number of halogens is 3. The highest BCUT2D eigenvalue weighted by Crippen LogP contribution is 2.40. The van der Waals surface area contributed by atoms with Gasteiger partial charge in [0.25, 0.3) is 0 Å². The van der Waals surface area contributed by atoms with Crippen molar-refractivity contribution in [2.24, 2.45) is 17.8 Å². The molecule has 0 spiro atoms. The molecule has 1 aliphatic rings. The highest BCUT2D eigenvalue weighted by Gasteiger charge is 2.41. The summed E-state index contributed by atoms with van der Waals surface area (Å²) in [6.07, 6.45) is -0.564. The molecule has 0 saturated heterocycles. The molecule has 0 radical (unpaired) electrons. The first-order valence-electron chi connectivity index (χ1n) is 4.98. The van der Waals surface area contributed by atoms with Crippen LogP contribution in [-0.2, 0) is 0 Å². The molecular weight excluding hydrogens is 177 g/mol. The van der Waals surface area contributed by atoms with E-state index in [4.69, 9.17) is 0 Å². The van der Waals surface area contributed by atoms with E-state index in [0.717, 1.165) is 25.7 Å². The molecule has 0 aromatic rings. The summed E-state index contributed by atoms with van der Waals surface area (Å²) in [5.74, 6) is -0.618. The van der Waals surface area contributed by atoms with E-state index in [0.29, 0.717) is 5.92 Å². The van der Waals surface area contributed by atoms with Gasteiger partial charge in [0.1, 0.15) is 0 Å². The van der Waals surface area contributed by atoms with Gasteiger partial charge in [-0.1, -0.05) is 26.7 Å². The second-order valence-corrected chi connectivity index (χ2v) is 4.35. The summed E-state index contributed by atoms with van der Waals surface area (Å²) in [6.45, 7) is 3.44. The number of hydrogen-bond donors (Lipinski definition) is 0. The maximum atomic E-state index is 12.3. The Kier molecular flexibility index (Phi) is 3.25. The van der Waals surface area contributed by atoms with Crippen molar-refractivity contribution in [3.63, 3.8) is 0 Å². The lowest BCUT2D eigenvalue weighted by atomic mass is 9.77. The fourth-order valence-electron chi connectivity index (χ4n) is 2.05. The lowest BCUT2D eigenvalue weighted by Gasteiger charge is -2.31. The largest absolute Gasteiger partial charge is 0.391 e. The van der Waals surface area contributed by atoms with Gasteiger partial charge in [0.2, 0.25) is 0 Å². The summed E-state index contributed by atoms with van der Waals surface area (Å²) in [4.78, 5) is 0. The minimum atomic E-state index is -3.99. The zero-order valence-electron chi connectivity index (χ0n) is 8.19. The first-order valence-corrected chi connectivity index (χ1v) is 4.98. The Morgan fingerprint density at radius 2 is 1.54 bits per heavy atom. The molecule has 0 heterocycles. The molecular formula is C10H17F3. The lowest BCUT2D eigenvalue weighted by molar-refractivity contribution is -0.186. The van der Waals surface area contributed by atoms with Gasteiger partial charge in [-0.2, -0.15) is 13.2 Å². The van der Waals surface area contributed by atoms with Gasteiger partial charge in [0.05, 0.1) is 5.92 Å². The van der Waals surface area contributed by atoms with Crippen LogP contribution < -0.4 is 0 Å². The molecule has 1 saturated carbocycles. The fraction of sp³-hybridized carbons (Fsp3) is 1.00. The third-order valence-electron chi connectivity index (χ3n) is 3.28. The van der Waals surface area contributed by atoms with Gasteiger partial charge in [-0.05, 0) is 24.7 Å². The molecule has 0 bridgehead atoms. The quantitative estimate of drug-likeness (QED) is 0.591. The predicted octanol–water partition coefficient (Wildman–Crippen LogP) is 4.01. The zero-order valence-corrected chi connectivity index (χ0v) is 8.19. The summed E-state index contributed by atoms with van der Waals surface area (Å²) in [5, 5.41) is 0. The normalized spacial score (nSPS) is 33.0. The number of hydrogen-bond acceptors (Lipinski definition) is 0. The van der Waals surface area contributed by atoms with Gasteiger partial charge >= 0.3 is 6.18 Å². The van der Waals surface area contributed by atoms with Crippen molar-refractivity contribution in [2.45, 2.75) is 45.7 Å². The van der Waals surface area contributed by atoms with Crippen molar-refractivity contribution in [3.8, 4) is 0 Å². The molecule has 1 rings (SSSR count). The molecule has 1 aliphatic carbocycles. The molecule has 1 atom stereocenters. The van der Waals surface area contributed by atoms with Crippen molar-refractivity contribution >= 4 is 0 Å². The zero-order chi connectivity index (χ0) is 10.1. The molecule has 0 aliphatic heterocycles. The Morgan fingerprint density at radius 1 is 1.08 bits per heavy atom. The molecule has 13 heavy (non-hydrogen) atoms. The topological polar surface area (TPSA) is 0 Å². The molecule has 3 heteroatoms. The van der Waals surface area contributed by atoms with Gasteiger partial charge in [0.15, 0.2) is 0 Å². The average molecular weight is 194 g/mol. The predicted molar refractivity (Wildman–Crippen MR) is 46.3 cm³/mol. The molecule has 1 unspecified atom stereocenters. The van der Waals surface area contributed by atoms with Crippen LogP contribution in [0.1, 0.15) is 39.5 Å². The van der Waals surface area contributed by atoms with Gasteiger partial charge in [-0.25, -0.2) is 0 Å². The highest BCUT2D eigenvalue weighted by atomic mass is 19.4. The molecule has 1 fully saturated rings. The van der Waals surface area contributed by atoms with E-state index in [1.807, 2.05) is 0 Å². The van der Waals surface area contributed by atoms with E-state index < -0.39 is 12.1 Å². The van der Waals surface area contributed by atoms with Crippen LogP contribution in [0.25, 0.3) is 0 Å². The summed E-state index contributed by atoms with van der Waals surface area (Å²) in [7, 11) is 0. The summed E-state index contributed by atoms with van der Waals surface area (Å²) in [6, 6.07) is 0. The van der Waals surface area contributed by atoms with Gasteiger partial charge < -0.3 is 0 Å². The second-order valence-electron chi connectivity index (χ2n) is 4.35. The van der Waals surface area contributed by atoms with E-state index >= 15 is 0 Å². The van der Waals surface area contributed by atoms with Crippen LogP contribution in [0.2, 0.25) is 0 Å². The van der Waals surface area contributed by atoms with E-state index in [2.05, 4.69) is 6.92 Å². The standard InChI is InChI=1S/C10H17F3/c1-7-3-5-9(6-4-7)8(2)10(11,12)13/h7-9H,3-6H2,1-2H3. The van der Waals surface area contributed by atoms with Gasteiger partial charge in [0, 0.05) is 0 Å². The van der Waals surface area contributed by atoms with E-state index in [9.17, 15) is 13.2 Å². The maximum Gasteiger partial charge on any atom is 0.391 e. The van der Waals surface area contributed by atoms with Crippen LogP contribution in [0.3, 0.4) is 0 Å². The molecule has 78 valence electrons. The van der Waals surface area contributed by atoms with Crippen molar-refractivity contribution < 1.29 is 13.2 Å². The summed E-state index contributed by atoms with van der Waals surface area (Å²) >= 11 is 0. The molecule has 0 N–H and O–H groups in total. The van der Waals surface area contributed by atoms with Crippen LogP contribution in [0.5, 0.6) is 0 Å². The Labute approximate surface area is 77.5 Å². The van der Waals surface area contributed by atoms with Crippen molar-refractivity contribution in [2.75, 3.05) is 0 Å². The maximum absolute atomic E-state index is 12.3. The SMILES string of the molecule is CC1CCC(C(C)C(F)(F)F)CC1. The third-order valence-corrected chi connectivity index (χ3v) is 3.28. The highest BCUT2D eigenvalue weighted by molar-refractivity contribution is 4.77. The second kappa shape index (κ2) is 3.89. The first kappa shape index (κ1) is 10.9. The van der Waals surface area contributed by atoms with Crippen LogP contribution >= 0.6 is 0 Å². The number of rotatable bonds is 1. The third kappa shape index (κ3) is 2.89. The monoisotopic (exact) mass is 194 g/mol. The molecule has 0 aromatic carbocycles. The van der Waals surface area contributed by atoms with E-state index in [1.54, 1.807) is 0 Å². The van der Waals surface area contributed by atoms with Crippen molar-refractivity contribution in [3.05, 3.63) is 0 Å². The lowest BCUT2D eigenvalue weighted by Crippen LogP contribution is -2.30. The van der Waals surface area contributed by atoms with E-state index in [-0.39, 0.29) is 5.92 Å². The van der Waals surface area contributed by atoms with Gasteiger partial charge in [-0.3, -0.25) is 0 Å². The minimum Gasteiger partial charge on any atom is -0.171 e. The average Bonchev–Trinajstić information content (AvgIpc) is 2.03. The minimum absolute atomic E-state index is 0.129. The Bertz CT molecular complexity index is 154. The van der Waals surface area contributed by atoms with Crippen molar-refractivity contribution in [1.82, 2.24) is 0 Å². The van der Waals surface area contributed by atoms with Crippen LogP contribution in [0, 0.1) is 17.8 Å². The molecule has 0 amide bonds.